The summed E-state index contributed by atoms with van der Waals surface area (Å²) >= 11 is 12.5. The Morgan fingerprint density at radius 2 is 1.66 bits per heavy atom. The highest BCUT2D eigenvalue weighted by atomic mass is 35.5. The second kappa shape index (κ2) is 12.8. The van der Waals surface area contributed by atoms with Crippen LogP contribution < -0.4 is 5.32 Å². The Balaban J connectivity index is 1.53. The molecular formula is C31H35Cl2N3O2. The Bertz CT molecular complexity index is 1330. The molecule has 4 rings (SSSR count). The topological polar surface area (TPSA) is 52.6 Å². The molecule has 0 saturated carbocycles. The maximum absolute atomic E-state index is 13.4. The molecular weight excluding hydrogens is 517 g/mol. The van der Waals surface area contributed by atoms with E-state index in [9.17, 15) is 9.59 Å². The van der Waals surface area contributed by atoms with E-state index in [-0.39, 0.29) is 18.4 Å². The Labute approximate surface area is 239 Å². The largest absolute Gasteiger partial charge is 0.347 e. The summed E-state index contributed by atoms with van der Waals surface area (Å²) in [5.74, 6) is -0.902. The number of likely N-dealkylation sites (N-methyl/N-ethyl adjacent to an activating group) is 1. The predicted molar refractivity (Wildman–Crippen MR) is 155 cm³/mol. The van der Waals surface area contributed by atoms with Gasteiger partial charge in [-0.2, -0.15) is 0 Å². The molecule has 5 nitrogen and oxygen atoms in total. The molecule has 3 aromatic rings. The minimum atomic E-state index is -2.62. The van der Waals surface area contributed by atoms with Crippen LogP contribution in [0.25, 0.3) is 0 Å². The quantitative estimate of drug-likeness (QED) is 0.334. The summed E-state index contributed by atoms with van der Waals surface area (Å²) in [6.07, 6.45) is 2.11. The molecule has 0 aliphatic carbocycles. The number of hydrogen-bond donors (Lipinski definition) is 1. The average molecular weight is 556 g/mol. The van der Waals surface area contributed by atoms with E-state index >= 15 is 0 Å². The van der Waals surface area contributed by atoms with E-state index in [1.165, 1.54) is 0 Å². The van der Waals surface area contributed by atoms with Crippen molar-refractivity contribution in [3.8, 4) is 0 Å². The molecule has 2 amide bonds. The number of hydrogen-bond acceptors (Lipinski definition) is 3. The minimum absolute atomic E-state index is 0.00409. The smallest absolute Gasteiger partial charge is 0.253 e. The van der Waals surface area contributed by atoms with Crippen LogP contribution in [0.15, 0.2) is 78.9 Å². The lowest BCUT2D eigenvalue weighted by molar-refractivity contribution is -0.121. The van der Waals surface area contributed by atoms with Crippen LogP contribution >= 0.6 is 23.2 Å². The highest BCUT2D eigenvalue weighted by Crippen LogP contribution is 2.34. The lowest BCUT2D eigenvalue weighted by Crippen LogP contribution is -2.52. The maximum atomic E-state index is 13.4. The number of likely N-dealkylation sites (tertiary alicyclic amines) is 1. The van der Waals surface area contributed by atoms with Crippen molar-refractivity contribution in [2.24, 2.45) is 0 Å². The van der Waals surface area contributed by atoms with Crippen LogP contribution in [0.4, 0.5) is 0 Å². The second-order valence-corrected chi connectivity index (χ2v) is 10.7. The third kappa shape index (κ3) is 6.96. The van der Waals surface area contributed by atoms with Gasteiger partial charge in [-0.15, -0.1) is 0 Å². The van der Waals surface area contributed by atoms with Crippen molar-refractivity contribution < 1.29 is 13.7 Å². The van der Waals surface area contributed by atoms with Crippen molar-refractivity contribution in [2.75, 3.05) is 33.2 Å². The number of benzene rings is 3. The van der Waals surface area contributed by atoms with Gasteiger partial charge in [-0.1, -0.05) is 77.8 Å². The van der Waals surface area contributed by atoms with Gasteiger partial charge in [0.2, 0.25) is 5.91 Å². The number of halogens is 2. The molecule has 1 heterocycles. The number of carbonyl (C=O) groups excluding carboxylic acids is 2. The normalized spacial score (nSPS) is 17.5. The van der Waals surface area contributed by atoms with Gasteiger partial charge in [0.05, 0.1) is 15.6 Å². The van der Waals surface area contributed by atoms with E-state index in [1.807, 2.05) is 24.3 Å². The predicted octanol–water partition coefficient (Wildman–Crippen LogP) is 6.37. The van der Waals surface area contributed by atoms with E-state index in [1.54, 1.807) is 49.4 Å². The molecule has 1 aliphatic rings. The summed E-state index contributed by atoms with van der Waals surface area (Å²) in [7, 11) is 0. The van der Waals surface area contributed by atoms with Crippen LogP contribution in [0, 0.1) is 0 Å². The van der Waals surface area contributed by atoms with Gasteiger partial charge in [-0.25, -0.2) is 0 Å². The molecule has 1 N–H and O–H groups in total. The average Bonchev–Trinajstić information content (AvgIpc) is 2.95. The van der Waals surface area contributed by atoms with Crippen LogP contribution in [0.2, 0.25) is 10.0 Å². The molecule has 0 aromatic heterocycles. The molecule has 200 valence electrons. The first-order valence-corrected chi connectivity index (χ1v) is 13.6. The molecule has 1 saturated heterocycles. The van der Waals surface area contributed by atoms with Crippen molar-refractivity contribution in [3.63, 3.8) is 0 Å². The van der Waals surface area contributed by atoms with Crippen molar-refractivity contribution in [1.82, 2.24) is 15.1 Å². The first-order valence-electron chi connectivity index (χ1n) is 14.4. The maximum Gasteiger partial charge on any atom is 0.253 e. The van der Waals surface area contributed by atoms with Crippen LogP contribution in [-0.4, -0.2) is 54.8 Å². The van der Waals surface area contributed by atoms with Crippen molar-refractivity contribution >= 4 is 35.0 Å². The molecule has 0 bridgehead atoms. The Morgan fingerprint density at radius 1 is 1.00 bits per heavy atom. The number of piperidine rings is 1. The van der Waals surface area contributed by atoms with Crippen LogP contribution in [0.5, 0.6) is 0 Å². The summed E-state index contributed by atoms with van der Waals surface area (Å²) in [5, 5.41) is 4.00. The lowest BCUT2D eigenvalue weighted by Gasteiger charge is -2.43. The van der Waals surface area contributed by atoms with Crippen molar-refractivity contribution in [1.29, 1.82) is 0 Å². The fraction of sp³-hybridized carbons (Fsp3) is 0.355. The third-order valence-electron chi connectivity index (χ3n) is 7.33. The monoisotopic (exact) mass is 554 g/mol. The Hall–Kier alpha value is -2.86. The summed E-state index contributed by atoms with van der Waals surface area (Å²) in [6, 6.07) is 23.8. The minimum Gasteiger partial charge on any atom is -0.347 e. The molecule has 0 spiro atoms. The molecule has 1 aliphatic heterocycles. The standard InChI is InChI=1S/C31H35Cl2N3O2/c1-23(37)34-31(27-11-7-4-8-12-27)16-19-36(20-17-31)18-15-26(25-13-14-28(32)29(33)21-25)22-35(2)30(38)24-9-5-3-6-10-24/h3-14,21,26H,15-20,22H2,1-2H3,(H,34,37)/t26-/m1/s1/i2D3. The molecule has 1 fully saturated rings. The zero-order valence-corrected chi connectivity index (χ0v) is 23.0. The van der Waals surface area contributed by atoms with Gasteiger partial charge >= 0.3 is 0 Å². The number of carbonyl (C=O) groups is 2. The van der Waals surface area contributed by atoms with E-state index in [0.717, 1.165) is 42.0 Å². The number of rotatable bonds is 9. The van der Waals surface area contributed by atoms with Gasteiger partial charge in [-0.3, -0.25) is 9.59 Å². The zero-order valence-electron chi connectivity index (χ0n) is 24.5. The van der Waals surface area contributed by atoms with Crippen molar-refractivity contribution in [3.05, 3.63) is 106 Å². The molecule has 0 unspecified atom stereocenters. The van der Waals surface area contributed by atoms with E-state index < -0.39 is 18.4 Å². The van der Waals surface area contributed by atoms with Crippen LogP contribution in [0.1, 0.15) is 57.7 Å². The van der Waals surface area contributed by atoms with Gasteiger partial charge in [0.1, 0.15) is 0 Å². The molecule has 0 radical (unpaired) electrons. The van der Waals surface area contributed by atoms with Crippen molar-refractivity contribution in [2.45, 2.75) is 37.6 Å². The fourth-order valence-electron chi connectivity index (χ4n) is 5.25. The van der Waals surface area contributed by atoms with E-state index in [4.69, 9.17) is 27.3 Å². The summed E-state index contributed by atoms with van der Waals surface area (Å²) in [6.45, 7) is 1.12. The lowest BCUT2D eigenvalue weighted by atomic mass is 9.80. The molecule has 3 aromatic carbocycles. The number of amides is 2. The first-order chi connectivity index (χ1) is 19.5. The van der Waals surface area contributed by atoms with Gasteiger partial charge in [0.15, 0.2) is 0 Å². The van der Waals surface area contributed by atoms with E-state index in [0.29, 0.717) is 28.6 Å². The number of nitrogens with zero attached hydrogens (tertiary/aromatic N) is 2. The van der Waals surface area contributed by atoms with Gasteiger partial charge in [0.25, 0.3) is 5.91 Å². The molecule has 1 atom stereocenters. The van der Waals surface area contributed by atoms with E-state index in [2.05, 4.69) is 22.3 Å². The summed E-state index contributed by atoms with van der Waals surface area (Å²) in [4.78, 5) is 28.8. The highest BCUT2D eigenvalue weighted by Gasteiger charge is 2.37. The molecule has 38 heavy (non-hydrogen) atoms. The van der Waals surface area contributed by atoms with Crippen LogP contribution in [-0.2, 0) is 10.3 Å². The summed E-state index contributed by atoms with van der Waals surface area (Å²) in [5.41, 5.74) is 1.81. The van der Waals surface area contributed by atoms with Gasteiger partial charge < -0.3 is 15.1 Å². The third-order valence-corrected chi connectivity index (χ3v) is 8.07. The Morgan fingerprint density at radius 3 is 2.26 bits per heavy atom. The molecule has 7 heteroatoms. The second-order valence-electron chi connectivity index (χ2n) is 9.91. The fourth-order valence-corrected chi connectivity index (χ4v) is 5.55. The number of nitrogens with one attached hydrogen (secondary N) is 1. The highest BCUT2D eigenvalue weighted by molar-refractivity contribution is 6.42. The summed E-state index contributed by atoms with van der Waals surface area (Å²) < 4.78 is 24.5. The Kier molecular flexibility index (Phi) is 8.15. The zero-order chi connectivity index (χ0) is 29.6. The SMILES string of the molecule is [2H]C([2H])([2H])N(C[C@@H](CCN1CCC(NC(C)=O)(c2ccccc2)CC1)c1ccc(Cl)c(Cl)c1)C(=O)c1ccccc1. The van der Waals surface area contributed by atoms with Gasteiger partial charge in [0, 0.05) is 49.1 Å². The first kappa shape index (κ1) is 24.2. The van der Waals surface area contributed by atoms with Crippen LogP contribution in [0.3, 0.4) is 0 Å². The van der Waals surface area contributed by atoms with Gasteiger partial charge in [-0.05, 0) is 61.2 Å².